The fourth-order valence-corrected chi connectivity index (χ4v) is 3.69. The third kappa shape index (κ3) is 3.45. The molecule has 2 aliphatic heterocycles. The number of nitrogens with zero attached hydrogens (tertiary/aromatic N) is 2. The molecule has 7 nitrogen and oxygen atoms in total. The molecule has 3 heterocycles. The number of anilines is 1. The summed E-state index contributed by atoms with van der Waals surface area (Å²) in [6.45, 7) is 5.62. The molecule has 1 aromatic heterocycles. The second-order valence-electron chi connectivity index (χ2n) is 6.81. The minimum absolute atomic E-state index is 0.0464. The Morgan fingerprint density at radius 2 is 1.85 bits per heavy atom. The molecule has 26 heavy (non-hydrogen) atoms. The Morgan fingerprint density at radius 3 is 2.58 bits per heavy atom. The predicted octanol–water partition coefficient (Wildman–Crippen LogP) is 1.47. The fourth-order valence-electron chi connectivity index (χ4n) is 3.69. The van der Waals surface area contributed by atoms with Gasteiger partial charge in [-0.15, -0.1) is 0 Å². The fraction of sp³-hybridized carbons (Fsp3) is 0.474. The van der Waals surface area contributed by atoms with E-state index in [2.05, 4.69) is 26.6 Å². The van der Waals surface area contributed by atoms with Crippen LogP contribution in [-0.4, -0.2) is 61.4 Å². The summed E-state index contributed by atoms with van der Waals surface area (Å²) in [5, 5.41) is 17.8. The molecule has 2 aliphatic rings. The number of piperidine rings is 1. The molecule has 7 heteroatoms. The van der Waals surface area contributed by atoms with Crippen LogP contribution in [0, 0.1) is 0 Å². The average molecular weight is 356 g/mol. The molecule has 0 saturated carbocycles. The molecule has 3 N–H and O–H groups in total. The molecule has 0 aliphatic carbocycles. The first kappa shape index (κ1) is 17.1. The summed E-state index contributed by atoms with van der Waals surface area (Å²) in [5.41, 5.74) is 1.13. The standard InChI is InChI=1S/C19H24N4O3/c24-19(25)16-11-14-15(12-22-16)17(23-9-7-21-8-10-23)1-2-18(14)26-13-3-5-20-6-4-13/h1-2,11-13,20-21H,3-10H2,(H,24,25). The van der Waals surface area contributed by atoms with Gasteiger partial charge in [0.15, 0.2) is 0 Å². The third-order valence-corrected chi connectivity index (χ3v) is 5.09. The highest BCUT2D eigenvalue weighted by molar-refractivity contribution is 6.01. The highest BCUT2D eigenvalue weighted by atomic mass is 16.5. The van der Waals surface area contributed by atoms with Crippen LogP contribution in [0.1, 0.15) is 23.3 Å². The van der Waals surface area contributed by atoms with Crippen molar-refractivity contribution < 1.29 is 14.6 Å². The van der Waals surface area contributed by atoms with Crippen molar-refractivity contribution in [2.24, 2.45) is 0 Å². The van der Waals surface area contributed by atoms with Crippen LogP contribution in [0.2, 0.25) is 0 Å². The Hall–Kier alpha value is -2.38. The number of aromatic carboxylic acids is 1. The van der Waals surface area contributed by atoms with E-state index in [1.165, 1.54) is 0 Å². The van der Waals surface area contributed by atoms with Crippen LogP contribution < -0.4 is 20.3 Å². The topological polar surface area (TPSA) is 86.7 Å². The quantitative estimate of drug-likeness (QED) is 0.765. The second-order valence-corrected chi connectivity index (χ2v) is 6.81. The first-order valence-electron chi connectivity index (χ1n) is 9.21. The smallest absolute Gasteiger partial charge is 0.354 e. The van der Waals surface area contributed by atoms with Crippen LogP contribution in [-0.2, 0) is 0 Å². The minimum Gasteiger partial charge on any atom is -0.490 e. The van der Waals surface area contributed by atoms with Crippen LogP contribution >= 0.6 is 0 Å². The van der Waals surface area contributed by atoms with Gasteiger partial charge in [-0.1, -0.05) is 0 Å². The molecule has 2 saturated heterocycles. The summed E-state index contributed by atoms with van der Waals surface area (Å²) < 4.78 is 6.25. The summed E-state index contributed by atoms with van der Waals surface area (Å²) in [4.78, 5) is 17.9. The van der Waals surface area contributed by atoms with E-state index in [0.717, 1.165) is 74.3 Å². The largest absolute Gasteiger partial charge is 0.490 e. The Bertz CT molecular complexity index is 799. The first-order chi connectivity index (χ1) is 12.7. The highest BCUT2D eigenvalue weighted by Crippen LogP contribution is 2.35. The van der Waals surface area contributed by atoms with Crippen molar-refractivity contribution in [3.05, 3.63) is 30.1 Å². The predicted molar refractivity (Wildman–Crippen MR) is 100 cm³/mol. The summed E-state index contributed by atoms with van der Waals surface area (Å²) in [6.07, 6.45) is 3.74. The van der Waals surface area contributed by atoms with Gasteiger partial charge >= 0.3 is 5.97 Å². The molecule has 0 radical (unpaired) electrons. The number of rotatable bonds is 4. The maximum Gasteiger partial charge on any atom is 0.354 e. The Labute approximate surface area is 152 Å². The van der Waals surface area contributed by atoms with Gasteiger partial charge in [-0.25, -0.2) is 9.78 Å². The van der Waals surface area contributed by atoms with E-state index in [-0.39, 0.29) is 11.8 Å². The van der Waals surface area contributed by atoms with Gasteiger partial charge < -0.3 is 25.4 Å². The van der Waals surface area contributed by atoms with Crippen molar-refractivity contribution in [3.8, 4) is 5.75 Å². The van der Waals surface area contributed by atoms with E-state index in [4.69, 9.17) is 4.74 Å². The van der Waals surface area contributed by atoms with Crippen molar-refractivity contribution >= 4 is 22.4 Å². The number of piperazine rings is 1. The minimum atomic E-state index is -1.02. The van der Waals surface area contributed by atoms with Gasteiger partial charge in [0.05, 0.1) is 0 Å². The summed E-state index contributed by atoms with van der Waals surface area (Å²) in [5.74, 6) is -0.275. The van der Waals surface area contributed by atoms with E-state index in [9.17, 15) is 9.90 Å². The zero-order chi connectivity index (χ0) is 17.9. The Morgan fingerprint density at radius 1 is 1.12 bits per heavy atom. The lowest BCUT2D eigenvalue weighted by molar-refractivity contribution is 0.0690. The van der Waals surface area contributed by atoms with Gasteiger partial charge in [0.2, 0.25) is 0 Å². The van der Waals surface area contributed by atoms with E-state index < -0.39 is 5.97 Å². The van der Waals surface area contributed by atoms with Crippen LogP contribution in [0.25, 0.3) is 10.8 Å². The lowest BCUT2D eigenvalue weighted by Gasteiger charge is -2.31. The summed E-state index contributed by atoms with van der Waals surface area (Å²) in [7, 11) is 0. The first-order valence-corrected chi connectivity index (χ1v) is 9.21. The van der Waals surface area contributed by atoms with Gasteiger partial charge in [-0.05, 0) is 44.1 Å². The number of hydrogen-bond donors (Lipinski definition) is 3. The van der Waals surface area contributed by atoms with Crippen LogP contribution in [0.4, 0.5) is 5.69 Å². The molecule has 0 bridgehead atoms. The molecule has 0 spiro atoms. The van der Waals surface area contributed by atoms with Crippen LogP contribution in [0.3, 0.4) is 0 Å². The van der Waals surface area contributed by atoms with Gasteiger partial charge in [0, 0.05) is 48.8 Å². The Kier molecular flexibility index (Phi) is 4.90. The molecule has 2 fully saturated rings. The van der Waals surface area contributed by atoms with E-state index >= 15 is 0 Å². The van der Waals surface area contributed by atoms with Gasteiger partial charge in [-0.2, -0.15) is 0 Å². The van der Waals surface area contributed by atoms with E-state index in [0.29, 0.717) is 0 Å². The van der Waals surface area contributed by atoms with E-state index in [1.54, 1.807) is 12.3 Å². The monoisotopic (exact) mass is 356 g/mol. The maximum absolute atomic E-state index is 11.4. The van der Waals surface area contributed by atoms with Crippen molar-refractivity contribution in [3.63, 3.8) is 0 Å². The highest BCUT2D eigenvalue weighted by Gasteiger charge is 2.20. The maximum atomic E-state index is 11.4. The number of nitrogens with one attached hydrogen (secondary N) is 2. The van der Waals surface area contributed by atoms with Crippen molar-refractivity contribution in [2.45, 2.75) is 18.9 Å². The second kappa shape index (κ2) is 7.47. The average Bonchev–Trinajstić information content (AvgIpc) is 2.69. The number of carboxylic acids is 1. The molecule has 0 unspecified atom stereocenters. The molecule has 2 aromatic rings. The van der Waals surface area contributed by atoms with Gasteiger partial charge in [-0.3, -0.25) is 0 Å². The number of benzene rings is 1. The van der Waals surface area contributed by atoms with Gasteiger partial charge in [0.1, 0.15) is 17.5 Å². The summed E-state index contributed by atoms with van der Waals surface area (Å²) >= 11 is 0. The number of carbonyl (C=O) groups is 1. The molecule has 138 valence electrons. The lowest BCUT2D eigenvalue weighted by atomic mass is 10.1. The zero-order valence-electron chi connectivity index (χ0n) is 14.7. The van der Waals surface area contributed by atoms with Crippen molar-refractivity contribution in [2.75, 3.05) is 44.2 Å². The van der Waals surface area contributed by atoms with Gasteiger partial charge in [0.25, 0.3) is 0 Å². The molecular weight excluding hydrogens is 332 g/mol. The molecular formula is C19H24N4O3. The van der Waals surface area contributed by atoms with Crippen molar-refractivity contribution in [1.29, 1.82) is 0 Å². The SMILES string of the molecule is O=C(O)c1cc2c(OC3CCNCC3)ccc(N3CCNCC3)c2cn1. The molecule has 0 atom stereocenters. The van der Waals surface area contributed by atoms with Crippen LogP contribution in [0.15, 0.2) is 24.4 Å². The third-order valence-electron chi connectivity index (χ3n) is 5.09. The number of hydrogen-bond acceptors (Lipinski definition) is 6. The normalized spacial score (nSPS) is 18.8. The van der Waals surface area contributed by atoms with E-state index in [1.807, 2.05) is 6.07 Å². The lowest BCUT2D eigenvalue weighted by Crippen LogP contribution is -2.43. The number of ether oxygens (including phenoxy) is 1. The molecule has 0 amide bonds. The number of fused-ring (bicyclic) bond motifs is 1. The summed E-state index contributed by atoms with van der Waals surface area (Å²) in [6, 6.07) is 5.69. The molecule has 1 aromatic carbocycles. The zero-order valence-corrected chi connectivity index (χ0v) is 14.7. The Balaban J connectivity index is 1.75. The molecule has 4 rings (SSSR count). The number of carboxylic acid groups (broad SMARTS) is 1. The number of pyridine rings is 1. The number of aromatic nitrogens is 1. The van der Waals surface area contributed by atoms with Crippen molar-refractivity contribution in [1.82, 2.24) is 15.6 Å². The van der Waals surface area contributed by atoms with Crippen LogP contribution in [0.5, 0.6) is 5.75 Å².